The molecule has 1 fully saturated rings. The van der Waals surface area contributed by atoms with Gasteiger partial charge in [-0.1, -0.05) is 11.6 Å². The SMILES string of the molecule is CC(C)N(N)c1ccc(C(=O)NNC(=O)c2cc(F)c(OCC3COC(C)(C)N3)cc2Cl)cn1. The van der Waals surface area contributed by atoms with Gasteiger partial charge in [0.05, 0.1) is 28.8 Å². The van der Waals surface area contributed by atoms with Crippen molar-refractivity contribution >= 4 is 29.2 Å². The molecule has 1 saturated heterocycles. The van der Waals surface area contributed by atoms with E-state index in [1.54, 1.807) is 6.07 Å². The predicted octanol–water partition coefficient (Wildman–Crippen LogP) is 2.14. The topological polar surface area (TPSA) is 131 Å². The highest BCUT2D eigenvalue weighted by molar-refractivity contribution is 6.34. The molecule has 3 rings (SSSR count). The number of rotatable bonds is 7. The van der Waals surface area contributed by atoms with Crippen molar-refractivity contribution < 1.29 is 23.5 Å². The number of aromatic nitrogens is 1. The molecule has 12 heteroatoms. The van der Waals surface area contributed by atoms with Crippen molar-refractivity contribution in [2.24, 2.45) is 5.84 Å². The first-order valence-corrected chi connectivity index (χ1v) is 11.0. The molecule has 184 valence electrons. The van der Waals surface area contributed by atoms with Gasteiger partial charge in [0.1, 0.15) is 18.1 Å². The molecule has 2 heterocycles. The van der Waals surface area contributed by atoms with Crippen LogP contribution >= 0.6 is 11.6 Å². The lowest BCUT2D eigenvalue weighted by molar-refractivity contribution is 0.0230. The van der Waals surface area contributed by atoms with Crippen molar-refractivity contribution in [1.29, 1.82) is 0 Å². The number of nitrogens with one attached hydrogen (secondary N) is 3. The van der Waals surface area contributed by atoms with Gasteiger partial charge in [0, 0.05) is 18.3 Å². The summed E-state index contributed by atoms with van der Waals surface area (Å²) in [6.07, 6.45) is 1.32. The number of ether oxygens (including phenoxy) is 2. The van der Waals surface area contributed by atoms with E-state index in [0.29, 0.717) is 12.4 Å². The van der Waals surface area contributed by atoms with Crippen LogP contribution in [0.5, 0.6) is 5.75 Å². The molecule has 10 nitrogen and oxygen atoms in total. The molecular formula is C22H28ClFN6O4. The van der Waals surface area contributed by atoms with Gasteiger partial charge in [0.25, 0.3) is 11.8 Å². The van der Waals surface area contributed by atoms with Crippen LogP contribution in [-0.4, -0.2) is 47.8 Å². The number of carbonyl (C=O) groups excluding carboxylic acids is 2. The quantitative estimate of drug-likeness (QED) is 0.340. The first kappa shape index (κ1) is 25.6. The third kappa shape index (κ3) is 6.32. The molecule has 2 amide bonds. The summed E-state index contributed by atoms with van der Waals surface area (Å²) in [4.78, 5) is 28.9. The van der Waals surface area contributed by atoms with Crippen LogP contribution in [0.15, 0.2) is 30.5 Å². The van der Waals surface area contributed by atoms with Crippen molar-refractivity contribution in [2.45, 2.75) is 45.5 Å². The van der Waals surface area contributed by atoms with Crippen LogP contribution in [0.2, 0.25) is 5.02 Å². The Morgan fingerprint density at radius 2 is 2.06 bits per heavy atom. The second kappa shape index (κ2) is 10.5. The summed E-state index contributed by atoms with van der Waals surface area (Å²) in [5.74, 6) is 4.08. The Morgan fingerprint density at radius 1 is 1.35 bits per heavy atom. The van der Waals surface area contributed by atoms with Gasteiger partial charge < -0.3 is 9.47 Å². The smallest absolute Gasteiger partial charge is 0.271 e. The number of nitrogens with two attached hydrogens (primary N) is 1. The monoisotopic (exact) mass is 494 g/mol. The minimum absolute atomic E-state index is 0.0222. The zero-order valence-electron chi connectivity index (χ0n) is 19.3. The third-order valence-electron chi connectivity index (χ3n) is 5.02. The lowest BCUT2D eigenvalue weighted by atomic mass is 10.2. The molecule has 0 spiro atoms. The van der Waals surface area contributed by atoms with Crippen LogP contribution in [0.4, 0.5) is 10.2 Å². The van der Waals surface area contributed by atoms with E-state index in [-0.39, 0.29) is 40.6 Å². The lowest BCUT2D eigenvalue weighted by Crippen LogP contribution is -2.42. The fourth-order valence-corrected chi connectivity index (χ4v) is 3.41. The van der Waals surface area contributed by atoms with Crippen molar-refractivity contribution in [3.63, 3.8) is 0 Å². The maximum absolute atomic E-state index is 14.5. The average Bonchev–Trinajstić information content (AvgIpc) is 3.15. The maximum atomic E-state index is 14.5. The predicted molar refractivity (Wildman–Crippen MR) is 125 cm³/mol. The minimum atomic E-state index is -0.797. The van der Waals surface area contributed by atoms with Crippen LogP contribution in [-0.2, 0) is 4.74 Å². The molecule has 0 aliphatic carbocycles. The van der Waals surface area contributed by atoms with E-state index in [9.17, 15) is 14.0 Å². The summed E-state index contributed by atoms with van der Waals surface area (Å²) >= 11 is 6.15. The molecule has 1 atom stereocenters. The van der Waals surface area contributed by atoms with E-state index in [1.807, 2.05) is 27.7 Å². The number of carbonyl (C=O) groups is 2. The molecular weight excluding hydrogens is 467 g/mol. The maximum Gasteiger partial charge on any atom is 0.271 e. The Hall–Kier alpha value is -2.99. The highest BCUT2D eigenvalue weighted by Gasteiger charge is 2.31. The average molecular weight is 495 g/mol. The summed E-state index contributed by atoms with van der Waals surface area (Å²) in [5.41, 5.74) is 3.99. The number of hydrogen-bond acceptors (Lipinski definition) is 8. The second-order valence-electron chi connectivity index (χ2n) is 8.55. The molecule has 0 radical (unpaired) electrons. The standard InChI is InChI=1S/C22H28ClFN6O4/c1-12(2)30(25)19-6-5-13(9-26-19)20(31)28-29-21(32)15-7-17(24)18(8-16(15)23)33-10-14-11-34-22(3,4)27-14/h5-9,12,14,27H,10-11,25H2,1-4H3,(H,28,31)(H,29,32). The van der Waals surface area contributed by atoms with Crippen LogP contribution < -0.4 is 31.8 Å². The van der Waals surface area contributed by atoms with Gasteiger partial charge >= 0.3 is 0 Å². The van der Waals surface area contributed by atoms with Crippen LogP contribution in [0.1, 0.15) is 48.4 Å². The summed E-state index contributed by atoms with van der Waals surface area (Å²) in [7, 11) is 0. The fourth-order valence-electron chi connectivity index (χ4n) is 3.17. The fraction of sp³-hybridized carbons (Fsp3) is 0.409. The molecule has 0 saturated carbocycles. The molecule has 2 aromatic rings. The van der Waals surface area contributed by atoms with Crippen LogP contribution in [0.25, 0.3) is 0 Å². The summed E-state index contributed by atoms with van der Waals surface area (Å²) in [6, 6.07) is 5.15. The summed E-state index contributed by atoms with van der Waals surface area (Å²) < 4.78 is 25.6. The van der Waals surface area contributed by atoms with E-state index >= 15 is 0 Å². The van der Waals surface area contributed by atoms with Crippen molar-refractivity contribution in [2.75, 3.05) is 18.2 Å². The molecule has 1 aliphatic rings. The van der Waals surface area contributed by atoms with Crippen LogP contribution in [0, 0.1) is 5.82 Å². The van der Waals surface area contributed by atoms with Crippen molar-refractivity contribution in [3.8, 4) is 5.75 Å². The number of benzene rings is 1. The molecule has 34 heavy (non-hydrogen) atoms. The lowest BCUT2D eigenvalue weighted by Gasteiger charge is -2.21. The Bertz CT molecular complexity index is 1050. The van der Waals surface area contributed by atoms with Gasteiger partial charge in [0.15, 0.2) is 11.6 Å². The van der Waals surface area contributed by atoms with E-state index in [4.69, 9.17) is 26.9 Å². The third-order valence-corrected chi connectivity index (χ3v) is 5.34. The van der Waals surface area contributed by atoms with Gasteiger partial charge in [-0.15, -0.1) is 0 Å². The van der Waals surface area contributed by atoms with Gasteiger partial charge in [-0.3, -0.25) is 30.8 Å². The molecule has 1 aliphatic heterocycles. The first-order chi connectivity index (χ1) is 16.0. The number of pyridine rings is 1. The number of hydrogen-bond donors (Lipinski definition) is 4. The zero-order chi connectivity index (χ0) is 25.0. The van der Waals surface area contributed by atoms with E-state index < -0.39 is 23.4 Å². The highest BCUT2D eigenvalue weighted by Crippen LogP contribution is 2.27. The zero-order valence-corrected chi connectivity index (χ0v) is 20.1. The minimum Gasteiger partial charge on any atom is -0.489 e. The first-order valence-electron chi connectivity index (χ1n) is 10.6. The Labute approximate surface area is 201 Å². The number of hydrazine groups is 2. The number of amides is 2. The van der Waals surface area contributed by atoms with Crippen molar-refractivity contribution in [3.05, 3.63) is 52.4 Å². The van der Waals surface area contributed by atoms with Gasteiger partial charge in [0.2, 0.25) is 0 Å². The second-order valence-corrected chi connectivity index (χ2v) is 8.96. The largest absolute Gasteiger partial charge is 0.489 e. The van der Waals surface area contributed by atoms with Gasteiger partial charge in [-0.2, -0.15) is 0 Å². The van der Waals surface area contributed by atoms with E-state index in [2.05, 4.69) is 21.2 Å². The van der Waals surface area contributed by atoms with Crippen LogP contribution in [0.3, 0.4) is 0 Å². The number of anilines is 1. The van der Waals surface area contributed by atoms with Gasteiger partial charge in [-0.05, 0) is 45.9 Å². The molecule has 1 aromatic carbocycles. The summed E-state index contributed by atoms with van der Waals surface area (Å²) in [5, 5.41) is 4.61. The van der Waals surface area contributed by atoms with Gasteiger partial charge in [-0.25, -0.2) is 15.2 Å². The van der Waals surface area contributed by atoms with Crippen molar-refractivity contribution in [1.82, 2.24) is 21.2 Å². The molecule has 5 N–H and O–H groups in total. The highest BCUT2D eigenvalue weighted by atomic mass is 35.5. The molecule has 0 bridgehead atoms. The Balaban J connectivity index is 1.57. The van der Waals surface area contributed by atoms with E-state index in [0.717, 1.165) is 6.07 Å². The normalized spacial score (nSPS) is 16.9. The Kier molecular flexibility index (Phi) is 7.93. The number of nitrogens with zero attached hydrogens (tertiary/aromatic N) is 2. The van der Waals surface area contributed by atoms with E-state index in [1.165, 1.54) is 23.3 Å². The number of halogens is 2. The Morgan fingerprint density at radius 3 is 2.65 bits per heavy atom. The summed E-state index contributed by atoms with van der Waals surface area (Å²) in [6.45, 7) is 8.12. The molecule has 1 unspecified atom stereocenters. The molecule has 1 aromatic heterocycles.